The number of likely N-dealkylation sites (tertiary alicyclic amines) is 1. The van der Waals surface area contributed by atoms with Gasteiger partial charge in [-0.05, 0) is 31.9 Å². The van der Waals surface area contributed by atoms with Crippen molar-refractivity contribution in [3.63, 3.8) is 0 Å². The van der Waals surface area contributed by atoms with Gasteiger partial charge >= 0.3 is 0 Å². The number of aryl methyl sites for hydroxylation is 1. The highest BCUT2D eigenvalue weighted by molar-refractivity contribution is 6.43. The van der Waals surface area contributed by atoms with Crippen molar-refractivity contribution in [3.8, 4) is 0 Å². The molecule has 4 heterocycles. The highest BCUT2D eigenvalue weighted by Crippen LogP contribution is 2.35. The summed E-state index contributed by atoms with van der Waals surface area (Å²) in [4.78, 5) is 36.9. The number of carbonyl (C=O) groups excluding carboxylic acids is 2. The summed E-state index contributed by atoms with van der Waals surface area (Å²) in [5.41, 5.74) is 1.19. The van der Waals surface area contributed by atoms with Crippen LogP contribution in [0.4, 0.5) is 5.69 Å². The van der Waals surface area contributed by atoms with E-state index in [-0.39, 0.29) is 17.7 Å². The van der Waals surface area contributed by atoms with E-state index < -0.39 is 5.60 Å². The maximum Gasteiger partial charge on any atom is 0.273 e. The normalized spacial score (nSPS) is 25.4. The number of hydrogen-bond donors (Lipinski definition) is 1. The molecule has 0 saturated carbocycles. The van der Waals surface area contributed by atoms with Gasteiger partial charge in [0.2, 0.25) is 5.91 Å². The summed E-state index contributed by atoms with van der Waals surface area (Å²) in [6.07, 6.45) is 4.33. The fraction of sp³-hybridized carbons (Fsp3) is 0.579. The van der Waals surface area contributed by atoms with Gasteiger partial charge in [-0.2, -0.15) is 0 Å². The lowest BCUT2D eigenvalue weighted by molar-refractivity contribution is -0.138. The number of oxime groups is 1. The van der Waals surface area contributed by atoms with Crippen molar-refractivity contribution in [3.05, 3.63) is 24.0 Å². The Balaban J connectivity index is 1.35. The molecule has 0 aliphatic carbocycles. The minimum Gasteiger partial charge on any atom is -0.386 e. The molecular weight excluding hydrogens is 348 g/mol. The molecule has 1 spiro atoms. The molecule has 0 radical (unpaired) electrons. The minimum absolute atomic E-state index is 0.0348. The largest absolute Gasteiger partial charge is 0.386 e. The van der Waals surface area contributed by atoms with Crippen LogP contribution in [-0.2, 0) is 19.2 Å². The predicted octanol–water partition coefficient (Wildman–Crippen LogP) is 1.50. The third-order valence-corrected chi connectivity index (χ3v) is 5.55. The van der Waals surface area contributed by atoms with Gasteiger partial charge in [-0.1, -0.05) is 5.16 Å². The monoisotopic (exact) mass is 372 g/mol. The molecule has 1 atom stereocenters. The Labute approximate surface area is 157 Å². The van der Waals surface area contributed by atoms with Gasteiger partial charge < -0.3 is 19.8 Å². The first-order valence-electron chi connectivity index (χ1n) is 9.41. The average molecular weight is 372 g/mol. The molecule has 0 aromatic carbocycles. The number of anilines is 1. The Bertz CT molecular complexity index is 775. The lowest BCUT2D eigenvalue weighted by Crippen LogP contribution is -2.41. The van der Waals surface area contributed by atoms with Gasteiger partial charge in [-0.25, -0.2) is 0 Å². The van der Waals surface area contributed by atoms with Gasteiger partial charge in [0.15, 0.2) is 5.60 Å². The predicted molar refractivity (Wildman–Crippen MR) is 98.2 cm³/mol. The maximum atomic E-state index is 12.7. The lowest BCUT2D eigenvalue weighted by Gasteiger charge is -2.27. The number of ether oxygens (including phenoxy) is 1. The van der Waals surface area contributed by atoms with Crippen molar-refractivity contribution in [2.45, 2.75) is 38.2 Å². The molecule has 3 aliphatic heterocycles. The molecule has 8 heteroatoms. The van der Waals surface area contributed by atoms with Crippen LogP contribution >= 0.6 is 0 Å². The molecule has 2 amide bonds. The summed E-state index contributed by atoms with van der Waals surface area (Å²) in [6, 6.07) is 3.57. The van der Waals surface area contributed by atoms with Crippen LogP contribution in [0.1, 0.15) is 31.4 Å². The second-order valence-electron chi connectivity index (χ2n) is 7.48. The first-order valence-corrected chi connectivity index (χ1v) is 9.41. The molecular formula is C19H24N4O4. The quantitative estimate of drug-likeness (QED) is 0.868. The van der Waals surface area contributed by atoms with Crippen molar-refractivity contribution < 1.29 is 19.2 Å². The zero-order valence-corrected chi connectivity index (χ0v) is 15.4. The zero-order chi connectivity index (χ0) is 18.9. The Morgan fingerprint density at radius 3 is 2.93 bits per heavy atom. The molecule has 1 aromatic heterocycles. The van der Waals surface area contributed by atoms with Crippen molar-refractivity contribution in [1.82, 2.24) is 9.88 Å². The van der Waals surface area contributed by atoms with Crippen molar-refractivity contribution in [1.29, 1.82) is 0 Å². The topological polar surface area (TPSA) is 93.1 Å². The van der Waals surface area contributed by atoms with Crippen LogP contribution in [0.3, 0.4) is 0 Å². The number of aromatic nitrogens is 1. The van der Waals surface area contributed by atoms with E-state index in [1.807, 2.05) is 11.8 Å². The maximum absolute atomic E-state index is 12.7. The number of pyridine rings is 1. The summed E-state index contributed by atoms with van der Waals surface area (Å²) in [6.45, 7) is 4.25. The molecule has 2 fully saturated rings. The number of nitrogens with one attached hydrogen (secondary N) is 1. The van der Waals surface area contributed by atoms with E-state index in [1.165, 1.54) is 0 Å². The summed E-state index contributed by atoms with van der Waals surface area (Å²) < 4.78 is 5.34. The molecule has 0 bridgehead atoms. The Kier molecular flexibility index (Phi) is 4.82. The Morgan fingerprint density at radius 2 is 2.15 bits per heavy atom. The fourth-order valence-corrected chi connectivity index (χ4v) is 3.91. The van der Waals surface area contributed by atoms with Crippen LogP contribution in [0, 0.1) is 12.8 Å². The average Bonchev–Trinajstić information content (AvgIpc) is 3.31. The zero-order valence-electron chi connectivity index (χ0n) is 15.4. The van der Waals surface area contributed by atoms with Crippen LogP contribution in [0.5, 0.6) is 0 Å². The fourth-order valence-electron chi connectivity index (χ4n) is 3.91. The van der Waals surface area contributed by atoms with Gasteiger partial charge in [-0.15, -0.1) is 0 Å². The van der Waals surface area contributed by atoms with Crippen molar-refractivity contribution in [2.75, 3.05) is 31.6 Å². The first-order chi connectivity index (χ1) is 13.1. The standard InChI is InChI=1S/C19H24N4O4/c1-13-15(3-2-7-20-13)21-17(24)16-11-19(27-22-16)6-8-23(12-19)18(25)14-4-9-26-10-5-14/h2-3,7,14H,4-6,8-12H2,1H3,(H,21,24)/t19-/m1/s1. The van der Waals surface area contributed by atoms with E-state index in [0.29, 0.717) is 50.5 Å². The van der Waals surface area contributed by atoms with Crippen LogP contribution in [0.2, 0.25) is 0 Å². The molecule has 0 unspecified atom stereocenters. The molecule has 1 aromatic rings. The third-order valence-electron chi connectivity index (χ3n) is 5.55. The second kappa shape index (κ2) is 7.26. The number of amides is 2. The first kappa shape index (κ1) is 17.9. The Morgan fingerprint density at radius 1 is 1.33 bits per heavy atom. The van der Waals surface area contributed by atoms with E-state index in [9.17, 15) is 9.59 Å². The number of nitrogens with zero attached hydrogens (tertiary/aromatic N) is 3. The van der Waals surface area contributed by atoms with Gasteiger partial charge in [0.1, 0.15) is 5.71 Å². The highest BCUT2D eigenvalue weighted by Gasteiger charge is 2.48. The van der Waals surface area contributed by atoms with E-state index in [1.54, 1.807) is 18.3 Å². The summed E-state index contributed by atoms with van der Waals surface area (Å²) in [7, 11) is 0. The van der Waals surface area contributed by atoms with E-state index in [4.69, 9.17) is 9.57 Å². The van der Waals surface area contributed by atoms with Gasteiger partial charge in [0.05, 0.1) is 17.9 Å². The van der Waals surface area contributed by atoms with E-state index in [2.05, 4.69) is 15.5 Å². The molecule has 3 aliphatic rings. The number of rotatable bonds is 3. The molecule has 27 heavy (non-hydrogen) atoms. The lowest BCUT2D eigenvalue weighted by atomic mass is 9.96. The smallest absolute Gasteiger partial charge is 0.273 e. The summed E-state index contributed by atoms with van der Waals surface area (Å²) in [5, 5.41) is 6.87. The van der Waals surface area contributed by atoms with Crippen LogP contribution in [-0.4, -0.2) is 59.3 Å². The highest BCUT2D eigenvalue weighted by atomic mass is 16.7. The number of carbonyl (C=O) groups is 2. The minimum atomic E-state index is -0.572. The molecule has 144 valence electrons. The van der Waals surface area contributed by atoms with Crippen LogP contribution in [0.15, 0.2) is 23.5 Å². The van der Waals surface area contributed by atoms with Crippen molar-refractivity contribution >= 4 is 23.2 Å². The van der Waals surface area contributed by atoms with Gasteiger partial charge in [0.25, 0.3) is 5.91 Å². The molecule has 4 rings (SSSR count). The molecule has 1 N–H and O–H groups in total. The van der Waals surface area contributed by atoms with E-state index in [0.717, 1.165) is 18.5 Å². The molecule has 8 nitrogen and oxygen atoms in total. The van der Waals surface area contributed by atoms with Crippen LogP contribution < -0.4 is 5.32 Å². The van der Waals surface area contributed by atoms with Gasteiger partial charge in [0, 0.05) is 44.7 Å². The summed E-state index contributed by atoms with van der Waals surface area (Å²) in [5.74, 6) is -0.0765. The SMILES string of the molecule is Cc1ncccc1NC(=O)C1=NO[C@]2(CCN(C(=O)C3CCOCC3)C2)C1. The summed E-state index contributed by atoms with van der Waals surface area (Å²) >= 11 is 0. The van der Waals surface area contributed by atoms with Gasteiger partial charge in [-0.3, -0.25) is 14.6 Å². The molecule has 2 saturated heterocycles. The van der Waals surface area contributed by atoms with E-state index >= 15 is 0 Å². The second-order valence-corrected chi connectivity index (χ2v) is 7.48. The van der Waals surface area contributed by atoms with Crippen LogP contribution in [0.25, 0.3) is 0 Å². The number of hydrogen-bond acceptors (Lipinski definition) is 6. The third kappa shape index (κ3) is 3.66. The van der Waals surface area contributed by atoms with Crippen molar-refractivity contribution in [2.24, 2.45) is 11.1 Å². The Hall–Kier alpha value is -2.48.